The Kier molecular flexibility index (Phi) is 5.60. The zero-order valence-electron chi connectivity index (χ0n) is 15.5. The number of carbonyl (C=O) groups is 2. The van der Waals surface area contributed by atoms with E-state index in [-0.39, 0.29) is 11.8 Å². The van der Waals surface area contributed by atoms with E-state index in [1.807, 2.05) is 9.80 Å². The summed E-state index contributed by atoms with van der Waals surface area (Å²) >= 11 is 1.76. The number of nitrogens with zero attached hydrogens (tertiary/aromatic N) is 3. The molecule has 1 aliphatic carbocycles. The fourth-order valence-electron chi connectivity index (χ4n) is 4.39. The number of hydrogen-bond donors (Lipinski definition) is 0. The minimum absolute atomic E-state index is 0.200. The van der Waals surface area contributed by atoms with Gasteiger partial charge in [-0.15, -0.1) is 11.3 Å². The molecule has 5 nitrogen and oxygen atoms in total. The lowest BCUT2D eigenvalue weighted by Gasteiger charge is -2.36. The second kappa shape index (κ2) is 8.09. The maximum atomic E-state index is 12.9. The predicted octanol–water partition coefficient (Wildman–Crippen LogP) is 2.40. The number of aryl methyl sites for hydroxylation is 1. The minimum Gasteiger partial charge on any atom is -0.342 e. The van der Waals surface area contributed by atoms with Crippen molar-refractivity contribution in [2.45, 2.75) is 44.9 Å². The first-order valence-corrected chi connectivity index (χ1v) is 11.0. The first kappa shape index (κ1) is 18.0. The standard InChI is InChI=1S/C20H29N3O2S/c24-19(22-8-4-1-5-9-22)14-21-10-12-23(13-11-21)20(25)17-15-26-18-7-3-2-6-16(17)18/h15H,1-14H2. The minimum atomic E-state index is 0.200. The fourth-order valence-corrected chi connectivity index (χ4v) is 5.51. The molecule has 0 atom stereocenters. The van der Waals surface area contributed by atoms with Crippen molar-refractivity contribution in [1.29, 1.82) is 0 Å². The molecular formula is C20H29N3O2S. The van der Waals surface area contributed by atoms with Crippen LogP contribution in [0.15, 0.2) is 5.38 Å². The maximum absolute atomic E-state index is 12.9. The maximum Gasteiger partial charge on any atom is 0.255 e. The van der Waals surface area contributed by atoms with E-state index < -0.39 is 0 Å². The number of rotatable bonds is 3. The van der Waals surface area contributed by atoms with E-state index in [0.29, 0.717) is 6.54 Å². The Balaban J connectivity index is 1.30. The quantitative estimate of drug-likeness (QED) is 0.815. The summed E-state index contributed by atoms with van der Waals surface area (Å²) in [4.78, 5) is 33.0. The molecule has 0 saturated carbocycles. The van der Waals surface area contributed by atoms with Gasteiger partial charge in [-0.3, -0.25) is 14.5 Å². The summed E-state index contributed by atoms with van der Waals surface area (Å²) in [7, 11) is 0. The Labute approximate surface area is 159 Å². The summed E-state index contributed by atoms with van der Waals surface area (Å²) < 4.78 is 0. The van der Waals surface area contributed by atoms with Gasteiger partial charge in [-0.1, -0.05) is 0 Å². The van der Waals surface area contributed by atoms with Crippen molar-refractivity contribution in [3.63, 3.8) is 0 Å². The van der Waals surface area contributed by atoms with Crippen molar-refractivity contribution in [3.8, 4) is 0 Å². The third-order valence-corrected chi connectivity index (χ3v) is 7.11. The Morgan fingerprint density at radius 1 is 0.846 bits per heavy atom. The van der Waals surface area contributed by atoms with Crippen molar-refractivity contribution >= 4 is 23.2 Å². The Morgan fingerprint density at radius 3 is 2.35 bits per heavy atom. The van der Waals surface area contributed by atoms with E-state index in [1.165, 1.54) is 29.7 Å². The highest BCUT2D eigenvalue weighted by Gasteiger charge is 2.28. The lowest BCUT2D eigenvalue weighted by molar-refractivity contribution is -0.133. The van der Waals surface area contributed by atoms with Crippen LogP contribution in [0.3, 0.4) is 0 Å². The number of thiophene rings is 1. The van der Waals surface area contributed by atoms with Gasteiger partial charge in [0.15, 0.2) is 0 Å². The molecule has 0 unspecified atom stereocenters. The summed E-state index contributed by atoms with van der Waals surface area (Å²) in [6, 6.07) is 0. The number of fused-ring (bicyclic) bond motifs is 1. The number of piperazine rings is 1. The smallest absolute Gasteiger partial charge is 0.255 e. The lowest BCUT2D eigenvalue weighted by atomic mass is 9.95. The van der Waals surface area contributed by atoms with Crippen LogP contribution in [0, 0.1) is 0 Å². The van der Waals surface area contributed by atoms with Gasteiger partial charge >= 0.3 is 0 Å². The first-order valence-electron chi connectivity index (χ1n) is 10.1. The van der Waals surface area contributed by atoms with Crippen LogP contribution < -0.4 is 0 Å². The van der Waals surface area contributed by atoms with Gasteiger partial charge in [0.1, 0.15) is 0 Å². The van der Waals surface area contributed by atoms with Crippen LogP contribution in [0.5, 0.6) is 0 Å². The van der Waals surface area contributed by atoms with Crippen molar-refractivity contribution in [3.05, 3.63) is 21.4 Å². The van der Waals surface area contributed by atoms with E-state index in [0.717, 1.165) is 70.5 Å². The van der Waals surface area contributed by atoms with Gasteiger partial charge < -0.3 is 9.80 Å². The van der Waals surface area contributed by atoms with Crippen LogP contribution >= 0.6 is 11.3 Å². The van der Waals surface area contributed by atoms with Crippen LogP contribution in [0.4, 0.5) is 0 Å². The molecular weight excluding hydrogens is 346 g/mol. The normalized spacial score (nSPS) is 21.5. The fraction of sp³-hybridized carbons (Fsp3) is 0.700. The Bertz CT molecular complexity index is 658. The average Bonchev–Trinajstić information content (AvgIpc) is 3.13. The lowest BCUT2D eigenvalue weighted by Crippen LogP contribution is -2.52. The van der Waals surface area contributed by atoms with Crippen LogP contribution in [0.2, 0.25) is 0 Å². The largest absolute Gasteiger partial charge is 0.342 e. The summed E-state index contributed by atoms with van der Waals surface area (Å²) in [5, 5.41) is 2.07. The molecule has 1 aromatic rings. The van der Waals surface area contributed by atoms with Crippen LogP contribution in [-0.4, -0.2) is 72.3 Å². The molecule has 4 rings (SSSR count). The Hall–Kier alpha value is -1.40. The summed E-state index contributed by atoms with van der Waals surface area (Å²) in [5.74, 6) is 0.461. The molecule has 0 N–H and O–H groups in total. The van der Waals surface area contributed by atoms with Crippen molar-refractivity contribution < 1.29 is 9.59 Å². The van der Waals surface area contributed by atoms with Gasteiger partial charge in [-0.2, -0.15) is 0 Å². The molecule has 0 radical (unpaired) electrons. The molecule has 1 aromatic heterocycles. The summed E-state index contributed by atoms with van der Waals surface area (Å²) in [6.45, 7) is 5.42. The molecule has 0 bridgehead atoms. The van der Waals surface area contributed by atoms with Crippen molar-refractivity contribution in [2.75, 3.05) is 45.8 Å². The van der Waals surface area contributed by atoms with Gasteiger partial charge in [0.2, 0.25) is 5.91 Å². The molecule has 3 heterocycles. The number of carbonyl (C=O) groups excluding carboxylic acids is 2. The number of amides is 2. The molecule has 2 saturated heterocycles. The second-order valence-corrected chi connectivity index (χ2v) is 8.73. The van der Waals surface area contributed by atoms with E-state index in [4.69, 9.17) is 0 Å². The number of piperidine rings is 1. The molecule has 2 aliphatic heterocycles. The van der Waals surface area contributed by atoms with Crippen molar-refractivity contribution in [2.24, 2.45) is 0 Å². The van der Waals surface area contributed by atoms with E-state index in [1.54, 1.807) is 11.3 Å². The SMILES string of the molecule is O=C(CN1CCN(C(=O)c2csc3c2CCCC3)CC1)N1CCCCC1. The number of hydrogen-bond acceptors (Lipinski definition) is 4. The molecule has 2 amide bonds. The van der Waals surface area contributed by atoms with E-state index in [2.05, 4.69) is 10.3 Å². The highest BCUT2D eigenvalue weighted by molar-refractivity contribution is 7.10. The second-order valence-electron chi connectivity index (χ2n) is 7.77. The summed E-state index contributed by atoms with van der Waals surface area (Å²) in [6.07, 6.45) is 8.18. The van der Waals surface area contributed by atoms with Gasteiger partial charge in [-0.05, 0) is 50.5 Å². The molecule has 2 fully saturated rings. The van der Waals surface area contributed by atoms with Gasteiger partial charge in [0.25, 0.3) is 5.91 Å². The van der Waals surface area contributed by atoms with E-state index in [9.17, 15) is 9.59 Å². The zero-order chi connectivity index (χ0) is 17.9. The van der Waals surface area contributed by atoms with Crippen molar-refractivity contribution in [1.82, 2.24) is 14.7 Å². The summed E-state index contributed by atoms with van der Waals surface area (Å²) in [5.41, 5.74) is 2.26. The molecule has 0 spiro atoms. The predicted molar refractivity (Wildman–Crippen MR) is 104 cm³/mol. The molecule has 26 heavy (non-hydrogen) atoms. The van der Waals surface area contributed by atoms with Gasteiger partial charge in [0.05, 0.1) is 12.1 Å². The Morgan fingerprint density at radius 2 is 1.58 bits per heavy atom. The number of likely N-dealkylation sites (tertiary alicyclic amines) is 1. The molecule has 0 aromatic carbocycles. The monoisotopic (exact) mass is 375 g/mol. The van der Waals surface area contributed by atoms with E-state index >= 15 is 0 Å². The highest BCUT2D eigenvalue weighted by atomic mass is 32.1. The molecule has 3 aliphatic rings. The third-order valence-electron chi connectivity index (χ3n) is 6.02. The van der Waals surface area contributed by atoms with Gasteiger partial charge in [0, 0.05) is 49.5 Å². The average molecular weight is 376 g/mol. The van der Waals surface area contributed by atoms with Crippen LogP contribution in [0.25, 0.3) is 0 Å². The first-order chi connectivity index (χ1) is 12.7. The topological polar surface area (TPSA) is 43.9 Å². The zero-order valence-corrected chi connectivity index (χ0v) is 16.4. The van der Waals surface area contributed by atoms with Crippen LogP contribution in [-0.2, 0) is 17.6 Å². The molecule has 6 heteroatoms. The van der Waals surface area contributed by atoms with Gasteiger partial charge in [-0.25, -0.2) is 0 Å². The third kappa shape index (κ3) is 3.81. The molecule has 142 valence electrons. The highest BCUT2D eigenvalue weighted by Crippen LogP contribution is 2.31. The van der Waals surface area contributed by atoms with Crippen LogP contribution in [0.1, 0.15) is 52.9 Å².